The minimum absolute atomic E-state index is 0.516. The molecule has 0 spiro atoms. The molecular weight excluding hydrogens is 306 g/mol. The van der Waals surface area contributed by atoms with Crippen molar-refractivity contribution in [1.82, 2.24) is 5.32 Å². The number of thiophene rings is 1. The van der Waals surface area contributed by atoms with E-state index in [1.165, 1.54) is 46.3 Å². The third-order valence-corrected chi connectivity index (χ3v) is 5.93. The van der Waals surface area contributed by atoms with Crippen LogP contribution in [0.3, 0.4) is 0 Å². The summed E-state index contributed by atoms with van der Waals surface area (Å²) in [6.45, 7) is 6.77. The zero-order valence-corrected chi connectivity index (χ0v) is 14.5. The van der Waals surface area contributed by atoms with Crippen molar-refractivity contribution in [2.45, 2.75) is 58.9 Å². The van der Waals surface area contributed by atoms with Gasteiger partial charge in [0.25, 0.3) is 0 Å². The van der Waals surface area contributed by atoms with Crippen LogP contribution in [-0.2, 0) is 0 Å². The summed E-state index contributed by atoms with van der Waals surface area (Å²) in [6.07, 6.45) is 6.60. The van der Waals surface area contributed by atoms with E-state index in [1.54, 1.807) is 0 Å². The highest BCUT2D eigenvalue weighted by molar-refractivity contribution is 9.11. The molecule has 0 aromatic carbocycles. The third kappa shape index (κ3) is 4.67. The molecule has 0 radical (unpaired) electrons. The van der Waals surface area contributed by atoms with Crippen molar-refractivity contribution in [1.29, 1.82) is 0 Å². The van der Waals surface area contributed by atoms with Gasteiger partial charge in [0.15, 0.2) is 0 Å². The Morgan fingerprint density at radius 3 is 2.56 bits per heavy atom. The van der Waals surface area contributed by atoms with Crippen LogP contribution in [-0.4, -0.2) is 7.05 Å². The molecule has 1 aromatic rings. The first-order valence-electron chi connectivity index (χ1n) is 7.05. The van der Waals surface area contributed by atoms with Crippen molar-refractivity contribution in [2.24, 2.45) is 5.92 Å². The van der Waals surface area contributed by atoms with Crippen molar-refractivity contribution in [3.63, 3.8) is 0 Å². The topological polar surface area (TPSA) is 12.0 Å². The van der Waals surface area contributed by atoms with E-state index in [1.807, 2.05) is 11.3 Å². The largest absolute Gasteiger partial charge is 0.312 e. The highest BCUT2D eigenvalue weighted by Crippen LogP contribution is 2.35. The van der Waals surface area contributed by atoms with E-state index in [4.69, 9.17) is 0 Å². The average Bonchev–Trinajstić information content (AvgIpc) is 2.70. The molecule has 2 atom stereocenters. The van der Waals surface area contributed by atoms with E-state index >= 15 is 0 Å². The van der Waals surface area contributed by atoms with Crippen molar-refractivity contribution < 1.29 is 0 Å². The lowest BCUT2D eigenvalue weighted by Crippen LogP contribution is -2.19. The molecule has 0 fully saturated rings. The van der Waals surface area contributed by atoms with Gasteiger partial charge in [0.2, 0.25) is 0 Å². The van der Waals surface area contributed by atoms with Gasteiger partial charge in [-0.3, -0.25) is 0 Å². The summed E-state index contributed by atoms with van der Waals surface area (Å²) in [7, 11) is 2.08. The third-order valence-electron chi connectivity index (χ3n) is 3.68. The van der Waals surface area contributed by atoms with Gasteiger partial charge in [0.05, 0.1) is 3.79 Å². The number of unbranched alkanes of at least 4 members (excludes halogenated alkanes) is 1. The number of rotatable bonds is 8. The molecule has 3 heteroatoms. The van der Waals surface area contributed by atoms with Gasteiger partial charge >= 0.3 is 0 Å². The van der Waals surface area contributed by atoms with Gasteiger partial charge < -0.3 is 5.32 Å². The lowest BCUT2D eigenvalue weighted by atomic mass is 9.91. The van der Waals surface area contributed by atoms with E-state index in [0.29, 0.717) is 6.04 Å². The first-order chi connectivity index (χ1) is 8.62. The Morgan fingerprint density at radius 2 is 2.11 bits per heavy atom. The lowest BCUT2D eigenvalue weighted by Gasteiger charge is -2.21. The molecule has 1 heterocycles. The van der Waals surface area contributed by atoms with Gasteiger partial charge in [0.1, 0.15) is 0 Å². The van der Waals surface area contributed by atoms with Crippen LogP contribution in [0.5, 0.6) is 0 Å². The Kier molecular flexibility index (Phi) is 7.50. The SMILES string of the molecule is CCCCC(CC)CC(NC)c1cc(C)c(Br)s1. The molecule has 1 rings (SSSR count). The molecule has 104 valence electrons. The van der Waals surface area contributed by atoms with Crippen molar-refractivity contribution in [3.05, 3.63) is 20.3 Å². The molecule has 0 amide bonds. The van der Waals surface area contributed by atoms with Crippen molar-refractivity contribution in [2.75, 3.05) is 7.05 Å². The lowest BCUT2D eigenvalue weighted by molar-refractivity contribution is 0.367. The fraction of sp³-hybridized carbons (Fsp3) is 0.733. The van der Waals surface area contributed by atoms with Crippen LogP contribution in [0, 0.1) is 12.8 Å². The smallest absolute Gasteiger partial charge is 0.0731 e. The first-order valence-corrected chi connectivity index (χ1v) is 8.66. The van der Waals surface area contributed by atoms with Crippen molar-refractivity contribution in [3.8, 4) is 0 Å². The Balaban J connectivity index is 2.65. The number of aryl methyl sites for hydroxylation is 1. The van der Waals surface area contributed by atoms with Gasteiger partial charge in [-0.1, -0.05) is 39.5 Å². The zero-order valence-electron chi connectivity index (χ0n) is 12.1. The molecule has 1 nitrogen and oxygen atoms in total. The summed E-state index contributed by atoms with van der Waals surface area (Å²) in [5.74, 6) is 0.851. The van der Waals surface area contributed by atoms with E-state index in [0.717, 1.165) is 5.92 Å². The van der Waals surface area contributed by atoms with Crippen LogP contribution >= 0.6 is 27.3 Å². The minimum Gasteiger partial charge on any atom is -0.312 e. The molecule has 0 saturated heterocycles. The maximum Gasteiger partial charge on any atom is 0.0731 e. The highest BCUT2D eigenvalue weighted by atomic mass is 79.9. The van der Waals surface area contributed by atoms with Crippen LogP contribution in [0.1, 0.15) is 62.4 Å². The summed E-state index contributed by atoms with van der Waals surface area (Å²) in [6, 6.07) is 2.84. The average molecular weight is 332 g/mol. The number of nitrogens with one attached hydrogen (secondary N) is 1. The molecular formula is C15H26BrNS. The molecule has 0 aliphatic rings. The predicted molar refractivity (Wildman–Crippen MR) is 86.5 cm³/mol. The fourth-order valence-corrected chi connectivity index (χ4v) is 4.04. The Bertz CT molecular complexity index is 329. The summed E-state index contributed by atoms with van der Waals surface area (Å²) < 4.78 is 1.28. The Labute approximate surface area is 125 Å². The van der Waals surface area contributed by atoms with Gasteiger partial charge in [-0.15, -0.1) is 11.3 Å². The normalized spacial score (nSPS) is 14.7. The Morgan fingerprint density at radius 1 is 1.39 bits per heavy atom. The second-order valence-electron chi connectivity index (χ2n) is 5.10. The van der Waals surface area contributed by atoms with Crippen LogP contribution in [0.2, 0.25) is 0 Å². The molecule has 2 unspecified atom stereocenters. The number of halogens is 1. The second-order valence-corrected chi connectivity index (χ2v) is 7.50. The summed E-state index contributed by atoms with van der Waals surface area (Å²) in [5, 5.41) is 3.49. The molecule has 0 aliphatic heterocycles. The van der Waals surface area contributed by atoms with E-state index in [-0.39, 0.29) is 0 Å². The molecule has 1 aromatic heterocycles. The standard InChI is InChI=1S/C15H26BrNS/c1-5-7-8-12(6-2)10-13(17-4)14-9-11(3)15(16)18-14/h9,12-13,17H,5-8,10H2,1-4H3. The number of hydrogen-bond acceptors (Lipinski definition) is 2. The minimum atomic E-state index is 0.516. The van der Waals surface area contributed by atoms with Gasteiger partial charge in [-0.05, 0) is 53.9 Å². The number of hydrogen-bond donors (Lipinski definition) is 1. The molecule has 18 heavy (non-hydrogen) atoms. The van der Waals surface area contributed by atoms with Crippen molar-refractivity contribution >= 4 is 27.3 Å². The van der Waals surface area contributed by atoms with E-state index in [9.17, 15) is 0 Å². The zero-order chi connectivity index (χ0) is 13.5. The fourth-order valence-electron chi connectivity index (χ4n) is 2.35. The van der Waals surface area contributed by atoms with E-state index in [2.05, 4.69) is 55.1 Å². The monoisotopic (exact) mass is 331 g/mol. The highest BCUT2D eigenvalue weighted by Gasteiger charge is 2.18. The van der Waals surface area contributed by atoms with Crippen LogP contribution in [0.4, 0.5) is 0 Å². The summed E-state index contributed by atoms with van der Waals surface area (Å²) in [4.78, 5) is 1.47. The molecule has 0 bridgehead atoms. The molecule has 0 aliphatic carbocycles. The second kappa shape index (κ2) is 8.34. The molecule has 1 N–H and O–H groups in total. The quantitative estimate of drug-likeness (QED) is 0.645. The van der Waals surface area contributed by atoms with Gasteiger partial charge in [-0.25, -0.2) is 0 Å². The molecule has 0 saturated carbocycles. The van der Waals surface area contributed by atoms with Gasteiger partial charge in [-0.2, -0.15) is 0 Å². The Hall–Kier alpha value is 0.140. The summed E-state index contributed by atoms with van der Waals surface area (Å²) >= 11 is 5.51. The van der Waals surface area contributed by atoms with Crippen LogP contribution in [0.25, 0.3) is 0 Å². The van der Waals surface area contributed by atoms with Gasteiger partial charge in [0, 0.05) is 10.9 Å². The maximum absolute atomic E-state index is 3.63. The first kappa shape index (κ1) is 16.2. The van der Waals surface area contributed by atoms with Crippen LogP contribution < -0.4 is 5.32 Å². The predicted octanol–water partition coefficient (Wildman–Crippen LogP) is 5.69. The maximum atomic E-state index is 3.63. The van der Waals surface area contributed by atoms with Crippen LogP contribution in [0.15, 0.2) is 9.85 Å². The van der Waals surface area contributed by atoms with E-state index < -0.39 is 0 Å². The summed E-state index contributed by atoms with van der Waals surface area (Å²) in [5.41, 5.74) is 1.36.